The van der Waals surface area contributed by atoms with Crippen LogP contribution in [-0.2, 0) is 6.42 Å². The van der Waals surface area contributed by atoms with Crippen molar-refractivity contribution in [2.75, 3.05) is 12.8 Å². The Morgan fingerprint density at radius 1 is 1.33 bits per heavy atom. The fraction of sp³-hybridized carbons (Fsp3) is 0.357. The van der Waals surface area contributed by atoms with Gasteiger partial charge in [0.1, 0.15) is 5.75 Å². The molecule has 0 radical (unpaired) electrons. The molecule has 1 heterocycles. The average Bonchev–Trinajstić information content (AvgIpc) is 2.74. The predicted molar refractivity (Wildman–Crippen MR) is 70.8 cm³/mol. The molecule has 4 nitrogen and oxygen atoms in total. The van der Waals surface area contributed by atoms with E-state index in [1.165, 1.54) is 11.1 Å². The second-order valence-electron chi connectivity index (χ2n) is 4.63. The zero-order chi connectivity index (χ0) is 13.1. The largest absolute Gasteiger partial charge is 0.496 e. The van der Waals surface area contributed by atoms with E-state index in [9.17, 15) is 0 Å². The minimum Gasteiger partial charge on any atom is -0.496 e. The molecule has 0 aliphatic heterocycles. The van der Waals surface area contributed by atoms with Gasteiger partial charge < -0.3 is 15.0 Å². The Morgan fingerprint density at radius 2 is 2.11 bits per heavy atom. The Hall–Kier alpha value is -1.97. The zero-order valence-electron chi connectivity index (χ0n) is 10.9. The van der Waals surface area contributed by atoms with Crippen molar-refractivity contribution in [2.45, 2.75) is 26.2 Å². The van der Waals surface area contributed by atoms with Crippen molar-refractivity contribution in [2.24, 2.45) is 0 Å². The summed E-state index contributed by atoms with van der Waals surface area (Å²) in [5.74, 6) is 1.69. The molecule has 0 saturated carbocycles. The second kappa shape index (κ2) is 5.12. The maximum atomic E-state index is 5.51. The summed E-state index contributed by atoms with van der Waals surface area (Å²) in [6.45, 7) is 4.30. The molecular formula is C14H18N2O2. The van der Waals surface area contributed by atoms with E-state index < -0.39 is 0 Å². The monoisotopic (exact) mass is 246 g/mol. The van der Waals surface area contributed by atoms with Crippen molar-refractivity contribution in [3.05, 3.63) is 41.1 Å². The van der Waals surface area contributed by atoms with Crippen molar-refractivity contribution in [1.29, 1.82) is 0 Å². The van der Waals surface area contributed by atoms with Gasteiger partial charge >= 0.3 is 0 Å². The molecule has 1 aromatic carbocycles. The number of anilines is 1. The number of rotatable bonds is 4. The van der Waals surface area contributed by atoms with E-state index in [1.54, 1.807) is 13.2 Å². The van der Waals surface area contributed by atoms with Crippen LogP contribution in [0.25, 0.3) is 0 Å². The maximum Gasteiger partial charge on any atom is 0.222 e. The van der Waals surface area contributed by atoms with Crippen LogP contribution in [-0.4, -0.2) is 12.3 Å². The van der Waals surface area contributed by atoms with E-state index >= 15 is 0 Å². The topological polar surface area (TPSA) is 61.3 Å². The quantitative estimate of drug-likeness (QED) is 0.900. The summed E-state index contributed by atoms with van der Waals surface area (Å²) in [6.07, 6.45) is 0.713. The molecule has 0 unspecified atom stereocenters. The van der Waals surface area contributed by atoms with Gasteiger partial charge in [0.05, 0.1) is 12.8 Å². The van der Waals surface area contributed by atoms with Crippen molar-refractivity contribution >= 4 is 5.88 Å². The number of nitrogens with zero attached hydrogens (tertiary/aromatic N) is 1. The summed E-state index contributed by atoms with van der Waals surface area (Å²) in [7, 11) is 1.69. The summed E-state index contributed by atoms with van der Waals surface area (Å²) in [4.78, 5) is 0. The number of ether oxygens (including phenoxy) is 1. The van der Waals surface area contributed by atoms with Crippen LogP contribution in [0.3, 0.4) is 0 Å². The molecule has 0 spiro atoms. The van der Waals surface area contributed by atoms with Gasteiger partial charge in [-0.15, -0.1) is 0 Å². The predicted octanol–water partition coefficient (Wildman–Crippen LogP) is 2.98. The Labute approximate surface area is 107 Å². The third-order valence-corrected chi connectivity index (χ3v) is 2.88. The normalized spacial score (nSPS) is 10.9. The number of hydrogen-bond donors (Lipinski definition) is 1. The van der Waals surface area contributed by atoms with Gasteiger partial charge in [0, 0.05) is 12.5 Å². The van der Waals surface area contributed by atoms with Crippen LogP contribution in [0.5, 0.6) is 5.75 Å². The molecule has 0 amide bonds. The van der Waals surface area contributed by atoms with Crippen molar-refractivity contribution in [3.8, 4) is 5.75 Å². The number of benzene rings is 1. The van der Waals surface area contributed by atoms with Crippen LogP contribution in [0, 0.1) is 0 Å². The van der Waals surface area contributed by atoms with Gasteiger partial charge in [-0.25, -0.2) is 0 Å². The van der Waals surface area contributed by atoms with Crippen LogP contribution in [0.1, 0.15) is 36.6 Å². The third-order valence-electron chi connectivity index (χ3n) is 2.88. The maximum absolute atomic E-state index is 5.51. The molecule has 96 valence electrons. The van der Waals surface area contributed by atoms with Crippen LogP contribution in [0.15, 0.2) is 28.8 Å². The molecule has 0 aliphatic rings. The highest BCUT2D eigenvalue weighted by Gasteiger charge is 2.10. The number of methoxy groups -OCH3 is 1. The first-order chi connectivity index (χ1) is 8.60. The lowest BCUT2D eigenvalue weighted by Gasteiger charge is -2.13. The van der Waals surface area contributed by atoms with Gasteiger partial charge in [-0.1, -0.05) is 31.1 Å². The minimum atomic E-state index is 0.350. The number of nitrogen functional groups attached to an aromatic ring is 1. The van der Waals surface area contributed by atoms with Crippen LogP contribution in [0.4, 0.5) is 5.88 Å². The first-order valence-electron chi connectivity index (χ1n) is 5.98. The summed E-state index contributed by atoms with van der Waals surface area (Å²) in [6, 6.07) is 7.93. The number of hydrogen-bond acceptors (Lipinski definition) is 4. The Morgan fingerprint density at radius 3 is 2.67 bits per heavy atom. The standard InChI is InChI=1S/C14H18N2O2/c1-9(2)12-7-10(4-5-13(12)17-3)6-11-8-14(15)18-16-11/h4-5,7-9H,6,15H2,1-3H3. The third kappa shape index (κ3) is 2.64. The highest BCUT2D eigenvalue weighted by Crippen LogP contribution is 2.28. The number of nitrogens with two attached hydrogens (primary N) is 1. The highest BCUT2D eigenvalue weighted by molar-refractivity contribution is 5.40. The van der Waals surface area contributed by atoms with Crippen molar-refractivity contribution < 1.29 is 9.26 Å². The summed E-state index contributed by atoms with van der Waals surface area (Å²) >= 11 is 0. The van der Waals surface area contributed by atoms with Crippen molar-refractivity contribution in [1.82, 2.24) is 5.16 Å². The van der Waals surface area contributed by atoms with Gasteiger partial charge in [-0.2, -0.15) is 0 Å². The lowest BCUT2D eigenvalue weighted by molar-refractivity contribution is 0.407. The molecule has 4 heteroatoms. The first kappa shape index (κ1) is 12.5. The van der Waals surface area contributed by atoms with E-state index in [0.29, 0.717) is 18.2 Å². The van der Waals surface area contributed by atoms with Crippen LogP contribution >= 0.6 is 0 Å². The molecule has 0 saturated heterocycles. The molecule has 0 aliphatic carbocycles. The van der Waals surface area contributed by atoms with E-state index in [2.05, 4.69) is 25.1 Å². The van der Waals surface area contributed by atoms with E-state index in [4.69, 9.17) is 15.0 Å². The van der Waals surface area contributed by atoms with Crippen LogP contribution in [0.2, 0.25) is 0 Å². The molecule has 0 fully saturated rings. The van der Waals surface area contributed by atoms with Crippen molar-refractivity contribution in [3.63, 3.8) is 0 Å². The first-order valence-corrected chi connectivity index (χ1v) is 5.98. The molecule has 2 rings (SSSR count). The zero-order valence-corrected chi connectivity index (χ0v) is 10.9. The molecule has 0 atom stereocenters. The van der Waals surface area contributed by atoms with Crippen LogP contribution < -0.4 is 10.5 Å². The number of aromatic nitrogens is 1. The Balaban J connectivity index is 2.26. The summed E-state index contributed by atoms with van der Waals surface area (Å²) < 4.78 is 10.2. The SMILES string of the molecule is COc1ccc(Cc2cc(N)on2)cc1C(C)C. The molecular weight excluding hydrogens is 228 g/mol. The van der Waals surface area contributed by atoms with Gasteiger partial charge in [-0.3, -0.25) is 0 Å². The van der Waals surface area contributed by atoms with Gasteiger partial charge in [0.15, 0.2) is 0 Å². The molecule has 2 aromatic rings. The Kier molecular flexibility index (Phi) is 3.55. The fourth-order valence-corrected chi connectivity index (χ4v) is 1.97. The average molecular weight is 246 g/mol. The molecule has 2 N–H and O–H groups in total. The van der Waals surface area contributed by atoms with Gasteiger partial charge in [0.25, 0.3) is 0 Å². The second-order valence-corrected chi connectivity index (χ2v) is 4.63. The minimum absolute atomic E-state index is 0.350. The van der Waals surface area contributed by atoms with E-state index in [-0.39, 0.29) is 0 Å². The van der Waals surface area contributed by atoms with E-state index in [1.807, 2.05) is 12.1 Å². The highest BCUT2D eigenvalue weighted by atomic mass is 16.5. The van der Waals surface area contributed by atoms with Gasteiger partial charge in [0.2, 0.25) is 5.88 Å². The fourth-order valence-electron chi connectivity index (χ4n) is 1.97. The summed E-state index contributed by atoms with van der Waals surface area (Å²) in [5, 5.41) is 3.90. The summed E-state index contributed by atoms with van der Waals surface area (Å²) in [5.41, 5.74) is 8.72. The Bertz CT molecular complexity index is 532. The lowest BCUT2D eigenvalue weighted by atomic mass is 9.98. The molecule has 1 aromatic heterocycles. The van der Waals surface area contributed by atoms with Gasteiger partial charge in [-0.05, 0) is 23.1 Å². The molecule has 18 heavy (non-hydrogen) atoms. The lowest BCUT2D eigenvalue weighted by Crippen LogP contribution is -1.97. The smallest absolute Gasteiger partial charge is 0.222 e. The molecule has 0 bridgehead atoms. The van der Waals surface area contributed by atoms with E-state index in [0.717, 1.165) is 11.4 Å².